The highest BCUT2D eigenvalue weighted by molar-refractivity contribution is 5.87. The fourth-order valence-electron chi connectivity index (χ4n) is 5.30. The lowest BCUT2D eigenvalue weighted by molar-refractivity contribution is 0.254. The summed E-state index contributed by atoms with van der Waals surface area (Å²) in [5, 5.41) is 13.4. The van der Waals surface area contributed by atoms with Crippen LogP contribution in [0.3, 0.4) is 0 Å². The number of nitrogens with zero attached hydrogens (tertiary/aromatic N) is 3. The van der Waals surface area contributed by atoms with E-state index in [1.165, 1.54) is 25.1 Å². The molecule has 2 aromatic heterocycles. The maximum absolute atomic E-state index is 13.0. The van der Waals surface area contributed by atoms with Gasteiger partial charge >= 0.3 is 0 Å². The molecule has 2 aromatic carbocycles. The van der Waals surface area contributed by atoms with Gasteiger partial charge in [-0.25, -0.2) is 4.98 Å². The van der Waals surface area contributed by atoms with Crippen molar-refractivity contribution in [3.05, 3.63) is 76.2 Å². The van der Waals surface area contributed by atoms with Crippen molar-refractivity contribution in [2.24, 2.45) is 0 Å². The van der Waals surface area contributed by atoms with Crippen LogP contribution in [-0.2, 0) is 6.42 Å². The maximum atomic E-state index is 13.0. The molecule has 0 saturated carbocycles. The minimum Gasteiger partial charge on any atom is -0.394 e. The van der Waals surface area contributed by atoms with Gasteiger partial charge in [0, 0.05) is 38.1 Å². The van der Waals surface area contributed by atoms with Crippen LogP contribution in [0.15, 0.2) is 59.5 Å². The molecule has 38 heavy (non-hydrogen) atoms. The van der Waals surface area contributed by atoms with Crippen molar-refractivity contribution >= 4 is 22.4 Å². The van der Waals surface area contributed by atoms with E-state index in [2.05, 4.69) is 51.1 Å². The van der Waals surface area contributed by atoms with Crippen LogP contribution in [0.5, 0.6) is 0 Å². The highest BCUT2D eigenvalue weighted by atomic mass is 16.3. The number of aliphatic hydroxyl groups is 1. The molecule has 0 amide bonds. The topological polar surface area (TPSA) is 100 Å². The summed E-state index contributed by atoms with van der Waals surface area (Å²) < 4.78 is 0. The third kappa shape index (κ3) is 5.76. The summed E-state index contributed by atoms with van der Waals surface area (Å²) >= 11 is 0. The summed E-state index contributed by atoms with van der Waals surface area (Å²) in [7, 11) is 0. The third-order valence-corrected chi connectivity index (χ3v) is 7.43. The number of aryl methyl sites for hydroxylation is 1. The summed E-state index contributed by atoms with van der Waals surface area (Å²) in [5.74, 6) is 0.519. The number of nitrogens with one attached hydrogen (secondary N) is 3. The number of hydrogen-bond acceptors (Lipinski definition) is 6. The van der Waals surface area contributed by atoms with Gasteiger partial charge in [-0.15, -0.1) is 0 Å². The van der Waals surface area contributed by atoms with Crippen LogP contribution in [-0.4, -0.2) is 70.3 Å². The first-order valence-corrected chi connectivity index (χ1v) is 13.7. The lowest BCUT2D eigenvalue weighted by Gasteiger charge is -2.36. The minimum absolute atomic E-state index is 0.0601. The maximum Gasteiger partial charge on any atom is 0.261 e. The number of rotatable bonds is 10. The van der Waals surface area contributed by atoms with Gasteiger partial charge in [0.1, 0.15) is 11.4 Å². The number of H-pyrrole nitrogens is 2. The molecule has 3 heterocycles. The Kier molecular flexibility index (Phi) is 8.10. The molecule has 4 aromatic rings. The van der Waals surface area contributed by atoms with Crippen molar-refractivity contribution in [3.8, 4) is 11.4 Å². The number of anilines is 2. The molecule has 0 unspecified atom stereocenters. The zero-order valence-corrected chi connectivity index (χ0v) is 22.3. The van der Waals surface area contributed by atoms with Crippen LogP contribution in [0.2, 0.25) is 0 Å². The molecule has 1 aliphatic heterocycles. The number of pyridine rings is 1. The number of fused-ring (bicyclic) bond motifs is 1. The second-order valence-corrected chi connectivity index (χ2v) is 10.2. The van der Waals surface area contributed by atoms with Crippen LogP contribution >= 0.6 is 0 Å². The van der Waals surface area contributed by atoms with Crippen molar-refractivity contribution in [2.75, 3.05) is 49.5 Å². The zero-order valence-electron chi connectivity index (χ0n) is 22.3. The van der Waals surface area contributed by atoms with E-state index in [1.54, 1.807) is 6.20 Å². The Hall–Kier alpha value is -3.62. The Bertz CT molecular complexity index is 1410. The van der Waals surface area contributed by atoms with E-state index >= 15 is 0 Å². The van der Waals surface area contributed by atoms with Crippen molar-refractivity contribution in [2.45, 2.75) is 39.2 Å². The molecular weight excluding hydrogens is 476 g/mol. The van der Waals surface area contributed by atoms with E-state index < -0.39 is 0 Å². The van der Waals surface area contributed by atoms with Gasteiger partial charge in [-0.1, -0.05) is 43.7 Å². The number of aromatic nitrogens is 3. The Labute approximate surface area is 223 Å². The van der Waals surface area contributed by atoms with Gasteiger partial charge in [0.25, 0.3) is 5.56 Å². The molecule has 0 bridgehead atoms. The van der Waals surface area contributed by atoms with Crippen molar-refractivity contribution in [3.63, 3.8) is 0 Å². The number of imidazole rings is 1. The van der Waals surface area contributed by atoms with E-state index in [-0.39, 0.29) is 18.2 Å². The van der Waals surface area contributed by atoms with Crippen molar-refractivity contribution in [1.82, 2.24) is 19.9 Å². The van der Waals surface area contributed by atoms with E-state index in [9.17, 15) is 9.90 Å². The quantitative estimate of drug-likeness (QED) is 0.254. The van der Waals surface area contributed by atoms with Gasteiger partial charge in [0.2, 0.25) is 0 Å². The predicted octanol–water partition coefficient (Wildman–Crippen LogP) is 4.16. The lowest BCUT2D eigenvalue weighted by atomic mass is 10.1. The van der Waals surface area contributed by atoms with Gasteiger partial charge in [0.15, 0.2) is 0 Å². The largest absolute Gasteiger partial charge is 0.394 e. The lowest BCUT2D eigenvalue weighted by Crippen LogP contribution is -2.46. The van der Waals surface area contributed by atoms with Gasteiger partial charge in [-0.05, 0) is 55.6 Å². The van der Waals surface area contributed by atoms with Crippen LogP contribution < -0.4 is 15.8 Å². The van der Waals surface area contributed by atoms with Gasteiger partial charge < -0.3 is 25.3 Å². The molecule has 1 atom stereocenters. The van der Waals surface area contributed by atoms with E-state index in [4.69, 9.17) is 4.98 Å². The average molecular weight is 515 g/mol. The molecule has 1 aliphatic rings. The van der Waals surface area contributed by atoms with E-state index in [0.29, 0.717) is 23.5 Å². The van der Waals surface area contributed by atoms with E-state index in [1.807, 2.05) is 36.4 Å². The molecule has 5 rings (SSSR count). The molecule has 200 valence electrons. The zero-order chi connectivity index (χ0) is 26.5. The van der Waals surface area contributed by atoms with Gasteiger partial charge in [-0.3, -0.25) is 9.69 Å². The first-order valence-electron chi connectivity index (χ1n) is 13.7. The average Bonchev–Trinajstić information content (AvgIpc) is 3.37. The number of piperazine rings is 1. The predicted molar refractivity (Wildman–Crippen MR) is 155 cm³/mol. The van der Waals surface area contributed by atoms with Gasteiger partial charge in [-0.2, -0.15) is 0 Å². The highest BCUT2D eigenvalue weighted by Crippen LogP contribution is 2.30. The standard InChI is InChI=1S/C30H38N6O2/c1-3-4-12-35-13-15-36(16-14-35)24-17-21(2)28-26(19-24)33-29(34-28)27-25(10-11-31-30(27)38)32-23(20-37)18-22-8-6-5-7-9-22/h5-11,17,19,23,37H,3-4,12-16,18,20H2,1-2H3,(H,33,34)(H2,31,32,38)/t23-/m0/s1. The summed E-state index contributed by atoms with van der Waals surface area (Å²) in [6, 6.07) is 15.9. The number of hydrogen-bond donors (Lipinski definition) is 4. The van der Waals surface area contributed by atoms with Crippen LogP contribution in [0.25, 0.3) is 22.4 Å². The Morgan fingerprint density at radius 2 is 1.89 bits per heavy atom. The second-order valence-electron chi connectivity index (χ2n) is 10.2. The smallest absolute Gasteiger partial charge is 0.261 e. The SMILES string of the molecule is CCCCN1CCN(c2cc(C)c3nc(-c4c(N[C@H](CO)Cc5ccccc5)cc[nH]c4=O)[nH]c3c2)CC1. The van der Waals surface area contributed by atoms with Gasteiger partial charge in [0.05, 0.1) is 29.4 Å². The first kappa shape index (κ1) is 26.0. The number of aliphatic hydroxyl groups excluding tert-OH is 1. The summed E-state index contributed by atoms with van der Waals surface area (Å²) in [5.41, 5.74) is 6.01. The molecule has 8 nitrogen and oxygen atoms in total. The minimum atomic E-state index is -0.244. The molecule has 0 aliphatic carbocycles. The number of aromatic amines is 2. The molecule has 0 spiro atoms. The Balaban J connectivity index is 1.40. The molecule has 1 saturated heterocycles. The number of unbranched alkanes of at least 4 members (excludes halogenated alkanes) is 1. The summed E-state index contributed by atoms with van der Waals surface area (Å²) in [4.78, 5) is 29.1. The molecular formula is C30H38N6O2. The van der Waals surface area contributed by atoms with Crippen LogP contribution in [0.1, 0.15) is 30.9 Å². The second kappa shape index (κ2) is 11.8. The van der Waals surface area contributed by atoms with E-state index in [0.717, 1.165) is 48.3 Å². The Morgan fingerprint density at radius 3 is 2.63 bits per heavy atom. The van der Waals surface area contributed by atoms with Crippen LogP contribution in [0, 0.1) is 6.92 Å². The molecule has 1 fully saturated rings. The fourth-order valence-corrected chi connectivity index (χ4v) is 5.30. The third-order valence-electron chi connectivity index (χ3n) is 7.43. The fraction of sp³-hybridized carbons (Fsp3) is 0.400. The van der Waals surface area contributed by atoms with Crippen LogP contribution in [0.4, 0.5) is 11.4 Å². The Morgan fingerprint density at radius 1 is 1.11 bits per heavy atom. The highest BCUT2D eigenvalue weighted by Gasteiger charge is 2.21. The normalized spacial score (nSPS) is 15.2. The summed E-state index contributed by atoms with van der Waals surface area (Å²) in [6.45, 7) is 9.60. The van der Waals surface area contributed by atoms with Crippen molar-refractivity contribution < 1.29 is 5.11 Å². The molecule has 0 radical (unpaired) electrons. The molecule has 8 heteroatoms. The first-order chi connectivity index (χ1) is 18.6. The monoisotopic (exact) mass is 514 g/mol. The number of benzene rings is 2. The van der Waals surface area contributed by atoms with Crippen molar-refractivity contribution in [1.29, 1.82) is 0 Å². The molecule has 4 N–H and O–H groups in total. The summed E-state index contributed by atoms with van der Waals surface area (Å²) in [6.07, 6.45) is 4.74.